The van der Waals surface area contributed by atoms with Gasteiger partial charge in [0, 0.05) is 12.2 Å². The average Bonchev–Trinajstić information content (AvgIpc) is 2.65. The number of hydrogen-bond acceptors (Lipinski definition) is 1. The third-order valence-electron chi connectivity index (χ3n) is 4.89. The Morgan fingerprint density at radius 3 is 1.52 bits per heavy atom. The molecule has 0 aliphatic heterocycles. The van der Waals surface area contributed by atoms with Gasteiger partial charge in [-0.05, 0) is 18.6 Å². The van der Waals surface area contributed by atoms with Crippen molar-refractivity contribution in [2.24, 2.45) is 0 Å². The second kappa shape index (κ2) is 17.8. The summed E-state index contributed by atoms with van der Waals surface area (Å²) in [6.07, 6.45) is 22.1. The Balaban J connectivity index is 1.69. The summed E-state index contributed by atoms with van der Waals surface area (Å²) in [6, 6.07) is 10.4. The van der Waals surface area contributed by atoms with Crippen molar-refractivity contribution in [1.29, 1.82) is 0 Å². The minimum Gasteiger partial charge on any atom is -0.380 e. The molecule has 0 atom stereocenters. The van der Waals surface area contributed by atoms with E-state index in [0.717, 1.165) is 6.42 Å². The predicted octanol–water partition coefficient (Wildman–Crippen LogP) is 8.34. The van der Waals surface area contributed by atoms with Crippen LogP contribution in [0.1, 0.15) is 103 Å². The molecule has 1 aromatic carbocycles. The molecule has 0 aromatic heterocycles. The van der Waals surface area contributed by atoms with E-state index in [4.69, 9.17) is 0 Å². The highest BCUT2D eigenvalue weighted by Crippen LogP contribution is 2.14. The first-order valence-corrected chi connectivity index (χ1v) is 10.9. The molecule has 0 spiro atoms. The van der Waals surface area contributed by atoms with Crippen LogP contribution in [0.2, 0.25) is 0 Å². The first-order chi connectivity index (χ1) is 12.4. The molecule has 1 N–H and O–H groups in total. The van der Waals surface area contributed by atoms with E-state index in [1.807, 2.05) is 0 Å². The van der Waals surface area contributed by atoms with E-state index in [1.54, 1.807) is 0 Å². The summed E-state index contributed by atoms with van der Waals surface area (Å²) >= 11 is 0. The molecule has 0 bridgehead atoms. The van der Waals surface area contributed by atoms with Crippen molar-refractivity contribution < 1.29 is 0 Å². The van der Waals surface area contributed by atoms with Gasteiger partial charge >= 0.3 is 0 Å². The molecule has 0 unspecified atom stereocenters. The van der Waals surface area contributed by atoms with E-state index in [9.17, 15) is 0 Å². The predicted molar refractivity (Wildman–Crippen MR) is 114 cm³/mol. The third-order valence-corrected chi connectivity index (χ3v) is 4.89. The zero-order valence-corrected chi connectivity index (χ0v) is 16.5. The van der Waals surface area contributed by atoms with Crippen LogP contribution < -0.4 is 5.32 Å². The molecule has 0 heterocycles. The Hall–Kier alpha value is -0.980. The molecule has 0 saturated heterocycles. The summed E-state index contributed by atoms with van der Waals surface area (Å²) in [7, 11) is 0. The number of para-hydroxylation sites is 1. The molecule has 25 heavy (non-hydrogen) atoms. The zero-order chi connectivity index (χ0) is 17.8. The minimum absolute atomic E-state index is 1.11. The van der Waals surface area contributed by atoms with Crippen molar-refractivity contribution in [3.8, 4) is 0 Å². The van der Waals surface area contributed by atoms with E-state index < -0.39 is 0 Å². The average molecular weight is 344 g/mol. The number of hydrogen-bond donors (Lipinski definition) is 1. The largest absolute Gasteiger partial charge is 0.380 e. The maximum atomic E-state index is 3.90. The summed E-state index contributed by atoms with van der Waals surface area (Å²) in [4.78, 5) is 0. The summed E-state index contributed by atoms with van der Waals surface area (Å²) in [5, 5.41) is 3.37. The molecule has 0 aliphatic carbocycles. The lowest BCUT2D eigenvalue weighted by molar-refractivity contribution is 0.533. The van der Waals surface area contributed by atoms with Crippen LogP contribution in [0.5, 0.6) is 0 Å². The summed E-state index contributed by atoms with van der Waals surface area (Å²) in [5.41, 5.74) is 1.20. The van der Waals surface area contributed by atoms with Crippen molar-refractivity contribution >= 4 is 5.69 Å². The van der Waals surface area contributed by atoms with Crippen molar-refractivity contribution in [2.45, 2.75) is 103 Å². The molecule has 0 amide bonds. The molecular weight excluding hydrogens is 302 g/mol. The van der Waals surface area contributed by atoms with Gasteiger partial charge in [0.05, 0.1) is 0 Å². The Labute approximate surface area is 158 Å². The van der Waals surface area contributed by atoms with Gasteiger partial charge in [0.15, 0.2) is 0 Å². The lowest BCUT2D eigenvalue weighted by Crippen LogP contribution is -1.94. The highest BCUT2D eigenvalue weighted by Gasteiger charge is 1.95. The SMILES string of the molecule is [CH2]CCCCCCCCCCCCCCCC[CH]Nc1ccccc1. The summed E-state index contributed by atoms with van der Waals surface area (Å²) in [5.74, 6) is 0. The number of benzene rings is 1. The molecule has 1 aromatic rings. The van der Waals surface area contributed by atoms with Crippen LogP contribution in [0.3, 0.4) is 0 Å². The quantitative estimate of drug-likeness (QED) is 0.264. The maximum Gasteiger partial charge on any atom is 0.0462 e. The molecule has 1 heteroatoms. The monoisotopic (exact) mass is 343 g/mol. The molecular formula is C24H41N. The lowest BCUT2D eigenvalue weighted by atomic mass is 10.0. The summed E-state index contributed by atoms with van der Waals surface area (Å²) < 4.78 is 0. The topological polar surface area (TPSA) is 12.0 Å². The van der Waals surface area contributed by atoms with Crippen LogP contribution in [0.15, 0.2) is 30.3 Å². The lowest BCUT2D eigenvalue weighted by Gasteiger charge is -2.05. The van der Waals surface area contributed by atoms with Crippen molar-refractivity contribution in [2.75, 3.05) is 5.32 Å². The molecule has 0 saturated carbocycles. The van der Waals surface area contributed by atoms with Gasteiger partial charge in [-0.15, -0.1) is 0 Å². The second-order valence-electron chi connectivity index (χ2n) is 7.31. The first-order valence-electron chi connectivity index (χ1n) is 10.9. The van der Waals surface area contributed by atoms with Crippen molar-refractivity contribution in [1.82, 2.24) is 0 Å². The molecule has 142 valence electrons. The third kappa shape index (κ3) is 15.0. The minimum atomic E-state index is 1.11. The van der Waals surface area contributed by atoms with Crippen LogP contribution in [-0.2, 0) is 0 Å². The van der Waals surface area contributed by atoms with Gasteiger partial charge in [-0.25, -0.2) is 0 Å². The normalized spacial score (nSPS) is 10.9. The van der Waals surface area contributed by atoms with Crippen molar-refractivity contribution in [3.05, 3.63) is 43.8 Å². The number of nitrogens with one attached hydrogen (secondary N) is 1. The van der Waals surface area contributed by atoms with Gasteiger partial charge < -0.3 is 5.32 Å². The van der Waals surface area contributed by atoms with E-state index in [2.05, 4.69) is 49.1 Å². The van der Waals surface area contributed by atoms with Gasteiger partial charge in [0.25, 0.3) is 0 Å². The fraction of sp³-hybridized carbons (Fsp3) is 0.667. The number of rotatable bonds is 18. The van der Waals surface area contributed by atoms with Crippen molar-refractivity contribution in [3.63, 3.8) is 0 Å². The van der Waals surface area contributed by atoms with E-state index in [0.29, 0.717) is 0 Å². The standard InChI is InChI=1S/C24H41N/c1-2-3-4-5-6-7-8-9-10-11-12-13-14-15-16-20-23-25-24-21-18-17-19-22-24/h17-19,21-23,25H,1-16,20H2. The van der Waals surface area contributed by atoms with E-state index in [1.165, 1.54) is 102 Å². The highest BCUT2D eigenvalue weighted by atomic mass is 14.9. The van der Waals surface area contributed by atoms with Crippen LogP contribution in [0.25, 0.3) is 0 Å². The molecule has 1 nitrogen and oxygen atoms in total. The second-order valence-corrected chi connectivity index (χ2v) is 7.31. The maximum absolute atomic E-state index is 3.90. The Morgan fingerprint density at radius 1 is 0.600 bits per heavy atom. The number of unbranched alkanes of at least 4 members (excludes halogenated alkanes) is 15. The fourth-order valence-corrected chi connectivity index (χ4v) is 3.27. The van der Waals surface area contributed by atoms with Gasteiger partial charge in [0.1, 0.15) is 0 Å². The van der Waals surface area contributed by atoms with Gasteiger partial charge in [-0.2, -0.15) is 0 Å². The molecule has 2 radical (unpaired) electrons. The van der Waals surface area contributed by atoms with Crippen LogP contribution >= 0.6 is 0 Å². The molecule has 0 fully saturated rings. The number of anilines is 1. The molecule has 1 rings (SSSR count). The highest BCUT2D eigenvalue weighted by molar-refractivity contribution is 5.43. The Morgan fingerprint density at radius 2 is 1.04 bits per heavy atom. The zero-order valence-electron chi connectivity index (χ0n) is 16.5. The van der Waals surface area contributed by atoms with Gasteiger partial charge in [0.2, 0.25) is 0 Å². The summed E-state index contributed by atoms with van der Waals surface area (Å²) in [6.45, 7) is 6.10. The van der Waals surface area contributed by atoms with Crippen LogP contribution in [0, 0.1) is 13.5 Å². The Kier molecular flexibility index (Phi) is 15.7. The molecule has 0 aliphatic rings. The van der Waals surface area contributed by atoms with Crippen LogP contribution in [0.4, 0.5) is 5.69 Å². The van der Waals surface area contributed by atoms with Crippen LogP contribution in [-0.4, -0.2) is 0 Å². The Bertz CT molecular complexity index is 360. The van der Waals surface area contributed by atoms with E-state index in [-0.39, 0.29) is 0 Å². The smallest absolute Gasteiger partial charge is 0.0462 e. The van der Waals surface area contributed by atoms with Gasteiger partial charge in [-0.1, -0.05) is 121 Å². The fourth-order valence-electron chi connectivity index (χ4n) is 3.27. The van der Waals surface area contributed by atoms with E-state index >= 15 is 0 Å². The van der Waals surface area contributed by atoms with Gasteiger partial charge in [-0.3, -0.25) is 0 Å². The first kappa shape index (κ1) is 22.1.